The highest BCUT2D eigenvalue weighted by atomic mass is 32.1. The molecule has 0 radical (unpaired) electrons. The van der Waals surface area contributed by atoms with E-state index in [1.807, 2.05) is 31.2 Å². The monoisotopic (exact) mass is 287 g/mol. The maximum Gasteiger partial charge on any atom is 0.339 e. The lowest BCUT2D eigenvalue weighted by atomic mass is 10.0. The average molecular weight is 287 g/mol. The van der Waals surface area contributed by atoms with Crippen LogP contribution in [-0.4, -0.2) is 17.1 Å². The molecule has 1 aliphatic carbocycles. The van der Waals surface area contributed by atoms with Crippen LogP contribution in [-0.2, 0) is 4.74 Å². The van der Waals surface area contributed by atoms with E-state index in [9.17, 15) is 4.79 Å². The first-order valence-corrected chi connectivity index (χ1v) is 7.40. The summed E-state index contributed by atoms with van der Waals surface area (Å²) < 4.78 is 6.24. The molecule has 0 saturated heterocycles. The molecule has 1 aromatic carbocycles. The lowest BCUT2D eigenvalue weighted by molar-refractivity contribution is 0.0319. The SMILES string of the molecule is Cc1c(C(=O)OC2CCCC2)c2ccccc2[nH]c1=S. The zero-order valence-corrected chi connectivity index (χ0v) is 12.3. The Balaban J connectivity index is 2.06. The van der Waals surface area contributed by atoms with Crippen LogP contribution in [0.1, 0.15) is 41.6 Å². The molecule has 4 heteroatoms. The standard InChI is InChI=1S/C16H17NO2S/c1-10-14(16(18)19-11-6-2-3-7-11)12-8-4-5-9-13(12)17-15(10)20/h4-5,8-9,11H,2-3,6-7H2,1H3,(H,17,20). The molecule has 3 nitrogen and oxygen atoms in total. The van der Waals surface area contributed by atoms with Gasteiger partial charge < -0.3 is 9.72 Å². The van der Waals surface area contributed by atoms with Gasteiger partial charge in [-0.25, -0.2) is 4.79 Å². The van der Waals surface area contributed by atoms with Gasteiger partial charge >= 0.3 is 5.97 Å². The van der Waals surface area contributed by atoms with Gasteiger partial charge in [-0.1, -0.05) is 30.4 Å². The van der Waals surface area contributed by atoms with E-state index in [0.717, 1.165) is 42.1 Å². The van der Waals surface area contributed by atoms with Crippen molar-refractivity contribution in [2.45, 2.75) is 38.7 Å². The smallest absolute Gasteiger partial charge is 0.339 e. The van der Waals surface area contributed by atoms with Crippen molar-refractivity contribution in [3.63, 3.8) is 0 Å². The summed E-state index contributed by atoms with van der Waals surface area (Å²) >= 11 is 5.31. The predicted molar refractivity (Wildman–Crippen MR) is 81.5 cm³/mol. The zero-order chi connectivity index (χ0) is 14.1. The molecule has 1 aromatic heterocycles. The average Bonchev–Trinajstić information content (AvgIpc) is 2.93. The first kappa shape index (κ1) is 13.3. The first-order valence-electron chi connectivity index (χ1n) is 6.99. The van der Waals surface area contributed by atoms with E-state index in [1.54, 1.807) is 0 Å². The number of fused-ring (bicyclic) bond motifs is 1. The van der Waals surface area contributed by atoms with Crippen molar-refractivity contribution in [2.75, 3.05) is 0 Å². The Bertz CT molecular complexity index is 714. The number of carbonyl (C=O) groups excluding carboxylic acids is 1. The molecule has 0 unspecified atom stereocenters. The van der Waals surface area contributed by atoms with Gasteiger partial charge in [-0.2, -0.15) is 0 Å². The van der Waals surface area contributed by atoms with Gasteiger partial charge in [-0.15, -0.1) is 0 Å². The van der Waals surface area contributed by atoms with E-state index in [0.29, 0.717) is 10.2 Å². The molecule has 0 spiro atoms. The van der Waals surface area contributed by atoms with Gasteiger partial charge in [-0.3, -0.25) is 0 Å². The quantitative estimate of drug-likeness (QED) is 0.661. The van der Waals surface area contributed by atoms with E-state index < -0.39 is 0 Å². The van der Waals surface area contributed by atoms with Crippen molar-refractivity contribution in [2.24, 2.45) is 0 Å². The highest BCUT2D eigenvalue weighted by Gasteiger charge is 2.23. The number of H-pyrrole nitrogens is 1. The van der Waals surface area contributed by atoms with Gasteiger partial charge in [0.2, 0.25) is 0 Å². The van der Waals surface area contributed by atoms with E-state index >= 15 is 0 Å². The summed E-state index contributed by atoms with van der Waals surface area (Å²) in [6, 6.07) is 7.70. The molecule has 0 atom stereocenters. The number of aromatic nitrogens is 1. The second-order valence-corrected chi connectivity index (χ2v) is 5.72. The fourth-order valence-electron chi connectivity index (χ4n) is 2.82. The lowest BCUT2D eigenvalue weighted by Crippen LogP contribution is -2.16. The number of esters is 1. The summed E-state index contributed by atoms with van der Waals surface area (Å²) in [5.41, 5.74) is 2.28. The van der Waals surface area contributed by atoms with Crippen LogP contribution < -0.4 is 0 Å². The molecule has 0 bridgehead atoms. The fraction of sp³-hybridized carbons (Fsp3) is 0.375. The maximum absolute atomic E-state index is 12.5. The number of hydrogen-bond donors (Lipinski definition) is 1. The predicted octanol–water partition coefficient (Wildman–Crippen LogP) is 4.31. The molecule has 3 rings (SSSR count). The molecule has 1 N–H and O–H groups in total. The highest BCUT2D eigenvalue weighted by molar-refractivity contribution is 7.71. The molecular weight excluding hydrogens is 270 g/mol. The van der Waals surface area contributed by atoms with Gasteiger partial charge in [0.1, 0.15) is 10.7 Å². The third-order valence-corrected chi connectivity index (χ3v) is 4.35. The van der Waals surface area contributed by atoms with Crippen molar-refractivity contribution < 1.29 is 9.53 Å². The van der Waals surface area contributed by atoms with Crippen LogP contribution in [0.4, 0.5) is 0 Å². The minimum absolute atomic E-state index is 0.0680. The number of para-hydroxylation sites is 1. The van der Waals surface area contributed by atoms with Crippen LogP contribution in [0.5, 0.6) is 0 Å². The molecule has 1 saturated carbocycles. The summed E-state index contributed by atoms with van der Waals surface area (Å²) in [6.07, 6.45) is 4.31. The zero-order valence-electron chi connectivity index (χ0n) is 11.4. The van der Waals surface area contributed by atoms with E-state index in [4.69, 9.17) is 17.0 Å². The molecule has 104 valence electrons. The molecule has 0 aliphatic heterocycles. The third kappa shape index (κ3) is 2.36. The van der Waals surface area contributed by atoms with Gasteiger partial charge in [0.25, 0.3) is 0 Å². The van der Waals surface area contributed by atoms with Gasteiger partial charge in [0, 0.05) is 10.9 Å². The topological polar surface area (TPSA) is 42.1 Å². The Morgan fingerprint density at radius 1 is 1.30 bits per heavy atom. The number of hydrogen-bond acceptors (Lipinski definition) is 3. The van der Waals surface area contributed by atoms with Gasteiger partial charge in [-0.05, 0) is 44.2 Å². The minimum Gasteiger partial charge on any atom is -0.459 e. The van der Waals surface area contributed by atoms with Gasteiger partial charge in [0.05, 0.1) is 5.56 Å². The normalized spacial score (nSPS) is 15.7. The Morgan fingerprint density at radius 3 is 2.75 bits per heavy atom. The molecule has 1 fully saturated rings. The summed E-state index contributed by atoms with van der Waals surface area (Å²) in [7, 11) is 0. The largest absolute Gasteiger partial charge is 0.459 e. The van der Waals surface area contributed by atoms with Crippen LogP contribution in [0.25, 0.3) is 10.9 Å². The van der Waals surface area contributed by atoms with Crippen molar-refractivity contribution in [3.8, 4) is 0 Å². The fourth-order valence-corrected chi connectivity index (χ4v) is 3.03. The molecule has 20 heavy (non-hydrogen) atoms. The Kier molecular flexibility index (Phi) is 3.57. The van der Waals surface area contributed by atoms with E-state index in [2.05, 4.69) is 4.98 Å². The maximum atomic E-state index is 12.5. The Morgan fingerprint density at radius 2 is 2.00 bits per heavy atom. The highest BCUT2D eigenvalue weighted by Crippen LogP contribution is 2.26. The summed E-state index contributed by atoms with van der Waals surface area (Å²) in [4.78, 5) is 15.7. The van der Waals surface area contributed by atoms with Crippen molar-refractivity contribution >= 4 is 29.1 Å². The van der Waals surface area contributed by atoms with Crippen LogP contribution in [0.3, 0.4) is 0 Å². The molecule has 1 aliphatic rings. The lowest BCUT2D eigenvalue weighted by Gasteiger charge is -2.14. The number of rotatable bonds is 2. The second-order valence-electron chi connectivity index (χ2n) is 5.31. The summed E-state index contributed by atoms with van der Waals surface area (Å²) in [5, 5.41) is 0.876. The number of benzene rings is 1. The van der Waals surface area contributed by atoms with Crippen molar-refractivity contribution in [3.05, 3.63) is 40.0 Å². The minimum atomic E-state index is -0.245. The molecule has 2 aromatic rings. The second kappa shape index (κ2) is 5.37. The molecule has 0 amide bonds. The van der Waals surface area contributed by atoms with Crippen molar-refractivity contribution in [1.82, 2.24) is 4.98 Å². The van der Waals surface area contributed by atoms with Crippen LogP contribution in [0, 0.1) is 11.6 Å². The number of nitrogens with one attached hydrogen (secondary N) is 1. The van der Waals surface area contributed by atoms with Gasteiger partial charge in [0.15, 0.2) is 0 Å². The summed E-state index contributed by atoms with van der Waals surface area (Å²) in [6.45, 7) is 1.87. The van der Waals surface area contributed by atoms with Crippen LogP contribution in [0.15, 0.2) is 24.3 Å². The number of carbonyl (C=O) groups is 1. The Hall–Kier alpha value is -1.68. The molecule has 1 heterocycles. The first-order chi connectivity index (χ1) is 9.66. The van der Waals surface area contributed by atoms with Crippen LogP contribution in [0.2, 0.25) is 0 Å². The molecular formula is C16H17NO2S. The number of pyridine rings is 1. The van der Waals surface area contributed by atoms with Crippen molar-refractivity contribution in [1.29, 1.82) is 0 Å². The number of aromatic amines is 1. The number of ether oxygens (including phenoxy) is 1. The Labute approximate surface area is 123 Å². The van der Waals surface area contributed by atoms with E-state index in [-0.39, 0.29) is 12.1 Å². The third-order valence-electron chi connectivity index (χ3n) is 3.94. The van der Waals surface area contributed by atoms with Crippen LogP contribution >= 0.6 is 12.2 Å². The van der Waals surface area contributed by atoms with E-state index in [1.165, 1.54) is 0 Å². The summed E-state index contributed by atoms with van der Waals surface area (Å²) in [5.74, 6) is -0.245.